The molecule has 4 aromatic rings. The van der Waals surface area contributed by atoms with E-state index in [1.54, 1.807) is 18.3 Å². The molecule has 0 radical (unpaired) electrons. The largest absolute Gasteiger partial charge is 0.346 e. The second-order valence-electron chi connectivity index (χ2n) is 9.84. The molecular formula is C26H25N9O2S. The van der Waals surface area contributed by atoms with Crippen LogP contribution in [-0.4, -0.2) is 74.6 Å². The Morgan fingerprint density at radius 1 is 1.11 bits per heavy atom. The Kier molecular flexibility index (Phi) is 5.95. The summed E-state index contributed by atoms with van der Waals surface area (Å²) in [7, 11) is -3.73. The lowest BCUT2D eigenvalue weighted by Crippen LogP contribution is -2.66. The first-order chi connectivity index (χ1) is 18.4. The highest BCUT2D eigenvalue weighted by Gasteiger charge is 2.48. The van der Waals surface area contributed by atoms with Gasteiger partial charge in [0.25, 0.3) is 0 Å². The molecule has 2 saturated heterocycles. The van der Waals surface area contributed by atoms with Gasteiger partial charge in [-0.25, -0.2) is 18.4 Å². The molecule has 0 atom stereocenters. The molecule has 192 valence electrons. The molecule has 1 aromatic carbocycles. The molecule has 0 saturated carbocycles. The molecule has 0 amide bonds. The number of sulfonamides is 1. The molecule has 3 aromatic heterocycles. The molecule has 12 heteroatoms. The Labute approximate surface area is 220 Å². The van der Waals surface area contributed by atoms with Crippen LogP contribution in [0.2, 0.25) is 0 Å². The van der Waals surface area contributed by atoms with Gasteiger partial charge in [0.1, 0.15) is 23.6 Å². The van der Waals surface area contributed by atoms with Gasteiger partial charge in [-0.3, -0.25) is 9.58 Å². The molecule has 2 aliphatic heterocycles. The predicted octanol–water partition coefficient (Wildman–Crippen LogP) is 2.47. The van der Waals surface area contributed by atoms with Crippen LogP contribution < -0.4 is 0 Å². The second kappa shape index (κ2) is 9.33. The van der Waals surface area contributed by atoms with E-state index in [2.05, 4.69) is 31.0 Å². The number of hydrogen-bond donors (Lipinski definition) is 1. The molecule has 2 aliphatic rings. The lowest BCUT2D eigenvalue weighted by atomic mass is 9.84. The summed E-state index contributed by atoms with van der Waals surface area (Å²) in [5.41, 5.74) is 2.14. The molecular weight excluding hydrogens is 502 g/mol. The average molecular weight is 528 g/mol. The van der Waals surface area contributed by atoms with Gasteiger partial charge in [-0.2, -0.15) is 19.9 Å². The number of nitriles is 2. The zero-order valence-electron chi connectivity index (χ0n) is 20.5. The summed E-state index contributed by atoms with van der Waals surface area (Å²) in [6.45, 7) is 2.11. The summed E-state index contributed by atoms with van der Waals surface area (Å²) in [6, 6.07) is 12.8. The molecule has 1 N–H and O–H groups in total. The molecule has 5 heterocycles. The van der Waals surface area contributed by atoms with Crippen LogP contribution in [0.15, 0.2) is 60.1 Å². The van der Waals surface area contributed by atoms with Crippen LogP contribution in [0.3, 0.4) is 0 Å². The van der Waals surface area contributed by atoms with Crippen molar-refractivity contribution in [3.8, 4) is 23.4 Å². The third kappa shape index (κ3) is 3.94. The maximum atomic E-state index is 13.2. The standard InChI is InChI=1S/C26H25N9O2S/c27-9-8-26(35-15-20(14-32-35)24-22-5-10-29-25(22)31-18-30-24)16-33(17-26)21-6-11-34(12-7-21)38(36,37)23-4-2-1-3-19(23)13-28/h1-5,10,14-15,18,21H,6-8,11-12,16-17H2,(H,29,30,31). The van der Waals surface area contributed by atoms with Crippen LogP contribution in [0, 0.1) is 22.7 Å². The fourth-order valence-electron chi connectivity index (χ4n) is 5.63. The number of nitrogens with zero attached hydrogens (tertiary/aromatic N) is 8. The summed E-state index contributed by atoms with van der Waals surface area (Å²) >= 11 is 0. The third-order valence-corrected chi connectivity index (χ3v) is 9.62. The number of fused-ring (bicyclic) bond motifs is 1. The fourth-order valence-corrected chi connectivity index (χ4v) is 7.24. The zero-order chi connectivity index (χ0) is 26.3. The summed E-state index contributed by atoms with van der Waals surface area (Å²) in [6.07, 6.45) is 8.78. The first-order valence-electron chi connectivity index (χ1n) is 12.4. The van der Waals surface area contributed by atoms with E-state index in [1.807, 2.05) is 29.2 Å². The Morgan fingerprint density at radius 2 is 1.89 bits per heavy atom. The number of H-pyrrole nitrogens is 1. The van der Waals surface area contributed by atoms with Crippen molar-refractivity contribution < 1.29 is 8.42 Å². The number of nitrogens with one attached hydrogen (secondary N) is 1. The highest BCUT2D eigenvalue weighted by atomic mass is 32.2. The first kappa shape index (κ1) is 24.2. The zero-order valence-corrected chi connectivity index (χ0v) is 21.3. The van der Waals surface area contributed by atoms with Crippen LogP contribution in [0.4, 0.5) is 0 Å². The highest BCUT2D eigenvalue weighted by Crippen LogP contribution is 2.37. The van der Waals surface area contributed by atoms with E-state index in [0.29, 0.717) is 45.4 Å². The highest BCUT2D eigenvalue weighted by molar-refractivity contribution is 7.89. The van der Waals surface area contributed by atoms with Crippen molar-refractivity contribution in [1.82, 2.24) is 33.9 Å². The number of piperidine rings is 1. The molecule has 0 bridgehead atoms. The molecule has 0 spiro atoms. The van der Waals surface area contributed by atoms with E-state index >= 15 is 0 Å². The van der Waals surface area contributed by atoms with Gasteiger partial charge in [-0.05, 0) is 31.0 Å². The normalized spacial score (nSPS) is 18.6. The van der Waals surface area contributed by atoms with Gasteiger partial charge in [-0.15, -0.1) is 0 Å². The molecule has 38 heavy (non-hydrogen) atoms. The smallest absolute Gasteiger partial charge is 0.244 e. The topological polar surface area (TPSA) is 148 Å². The summed E-state index contributed by atoms with van der Waals surface area (Å²) in [4.78, 5) is 14.2. The third-order valence-electron chi connectivity index (χ3n) is 7.66. The minimum atomic E-state index is -3.73. The lowest BCUT2D eigenvalue weighted by Gasteiger charge is -2.53. The predicted molar refractivity (Wildman–Crippen MR) is 138 cm³/mol. The van der Waals surface area contributed by atoms with Gasteiger partial charge in [0.15, 0.2) is 0 Å². The minimum absolute atomic E-state index is 0.0630. The summed E-state index contributed by atoms with van der Waals surface area (Å²) < 4.78 is 29.7. The number of aromatic amines is 1. The SMILES string of the molecule is N#CCC1(n2cc(-c3ncnc4[nH]ccc34)cn2)CN(C2CCN(S(=O)(=O)c3ccccc3C#N)CC2)C1. The van der Waals surface area contributed by atoms with E-state index < -0.39 is 15.6 Å². The minimum Gasteiger partial charge on any atom is -0.346 e. The molecule has 0 unspecified atom stereocenters. The van der Waals surface area contributed by atoms with E-state index in [0.717, 1.165) is 22.3 Å². The fraction of sp³-hybridized carbons (Fsp3) is 0.346. The summed E-state index contributed by atoms with van der Waals surface area (Å²) in [5.74, 6) is 0. The van der Waals surface area contributed by atoms with Crippen molar-refractivity contribution in [3.05, 3.63) is 60.8 Å². The van der Waals surface area contributed by atoms with Gasteiger partial charge in [0.05, 0.1) is 34.8 Å². The Morgan fingerprint density at radius 3 is 2.66 bits per heavy atom. The van der Waals surface area contributed by atoms with E-state index in [-0.39, 0.29) is 16.5 Å². The van der Waals surface area contributed by atoms with E-state index in [9.17, 15) is 18.9 Å². The van der Waals surface area contributed by atoms with Crippen LogP contribution in [0.1, 0.15) is 24.8 Å². The molecule has 11 nitrogen and oxygen atoms in total. The Balaban J connectivity index is 1.15. The number of likely N-dealkylation sites (tertiary alicyclic amines) is 1. The van der Waals surface area contributed by atoms with Gasteiger partial charge >= 0.3 is 0 Å². The second-order valence-corrected chi connectivity index (χ2v) is 11.7. The monoisotopic (exact) mass is 527 g/mol. The maximum absolute atomic E-state index is 13.2. The molecule has 2 fully saturated rings. The van der Waals surface area contributed by atoms with Gasteiger partial charge < -0.3 is 4.98 Å². The number of rotatable bonds is 6. The van der Waals surface area contributed by atoms with Gasteiger partial charge in [0.2, 0.25) is 10.0 Å². The van der Waals surface area contributed by atoms with Crippen LogP contribution in [-0.2, 0) is 15.6 Å². The van der Waals surface area contributed by atoms with Crippen LogP contribution in [0.5, 0.6) is 0 Å². The van der Waals surface area contributed by atoms with Crippen molar-refractivity contribution in [2.24, 2.45) is 0 Å². The van der Waals surface area contributed by atoms with E-state index in [1.165, 1.54) is 22.8 Å². The molecule has 0 aliphatic carbocycles. The lowest BCUT2D eigenvalue weighted by molar-refractivity contribution is -0.0382. The quantitative estimate of drug-likeness (QED) is 0.402. The number of benzene rings is 1. The number of aromatic nitrogens is 5. The van der Waals surface area contributed by atoms with Crippen molar-refractivity contribution in [2.45, 2.75) is 35.7 Å². The van der Waals surface area contributed by atoms with Crippen molar-refractivity contribution >= 4 is 21.1 Å². The van der Waals surface area contributed by atoms with Crippen LogP contribution >= 0.6 is 0 Å². The Hall–Kier alpha value is -4.10. The van der Waals surface area contributed by atoms with Crippen LogP contribution in [0.25, 0.3) is 22.3 Å². The van der Waals surface area contributed by atoms with Gasteiger partial charge in [0, 0.05) is 55.6 Å². The van der Waals surface area contributed by atoms with Gasteiger partial charge in [-0.1, -0.05) is 12.1 Å². The van der Waals surface area contributed by atoms with E-state index in [4.69, 9.17) is 0 Å². The average Bonchev–Trinajstić information content (AvgIpc) is 3.61. The maximum Gasteiger partial charge on any atom is 0.244 e. The summed E-state index contributed by atoms with van der Waals surface area (Å²) in [5, 5.41) is 24.5. The number of hydrogen-bond acceptors (Lipinski definition) is 8. The van der Waals surface area contributed by atoms with Crippen molar-refractivity contribution in [1.29, 1.82) is 10.5 Å². The molecule has 6 rings (SSSR count). The van der Waals surface area contributed by atoms with Crippen molar-refractivity contribution in [3.63, 3.8) is 0 Å². The Bertz CT molecular complexity index is 1680. The first-order valence-corrected chi connectivity index (χ1v) is 13.8. The van der Waals surface area contributed by atoms with Crippen molar-refractivity contribution in [2.75, 3.05) is 26.2 Å².